The Labute approximate surface area is 183 Å². The third kappa shape index (κ3) is 4.87. The number of ether oxygens (including phenoxy) is 1. The first kappa shape index (κ1) is 21.9. The number of Topliss-reactive ketones (excluding diaryl/α,β-unsaturated/α-hetero) is 1. The molecule has 0 bridgehead atoms. The molecule has 156 valence electrons. The van der Waals surface area contributed by atoms with Gasteiger partial charge >= 0.3 is 5.97 Å². The van der Waals surface area contributed by atoms with Crippen LogP contribution in [0.1, 0.15) is 30.0 Å². The maximum absolute atomic E-state index is 12.7. The molecule has 0 saturated carbocycles. The number of likely N-dealkylation sites (tertiary alicyclic amines) is 1. The van der Waals surface area contributed by atoms with E-state index in [2.05, 4.69) is 0 Å². The van der Waals surface area contributed by atoms with Crippen molar-refractivity contribution >= 4 is 41.2 Å². The molecular weight excluding hydrogens is 420 g/mol. The van der Waals surface area contributed by atoms with E-state index in [4.69, 9.17) is 21.6 Å². The maximum Gasteiger partial charge on any atom is 0.324 e. The van der Waals surface area contributed by atoms with Crippen molar-refractivity contribution in [3.63, 3.8) is 0 Å². The molecule has 1 saturated heterocycles. The SMILES string of the molecule is CC(=O)/C(=C/c1cccc(C#N)c1Cl)OC(=O)C1CC(=O)N(Cc2ccccc2)C1=O. The van der Waals surface area contributed by atoms with Crippen molar-refractivity contribution in [1.29, 1.82) is 5.26 Å². The van der Waals surface area contributed by atoms with E-state index >= 15 is 0 Å². The quantitative estimate of drug-likeness (QED) is 0.226. The lowest BCUT2D eigenvalue weighted by atomic mass is 10.1. The van der Waals surface area contributed by atoms with Crippen molar-refractivity contribution < 1.29 is 23.9 Å². The molecule has 0 spiro atoms. The number of nitrogens with zero attached hydrogens (tertiary/aromatic N) is 2. The van der Waals surface area contributed by atoms with Crippen LogP contribution in [0.4, 0.5) is 0 Å². The second-order valence-electron chi connectivity index (χ2n) is 6.87. The normalized spacial score (nSPS) is 16.2. The highest BCUT2D eigenvalue weighted by Gasteiger charge is 2.44. The molecule has 0 N–H and O–H groups in total. The van der Waals surface area contributed by atoms with Gasteiger partial charge in [0.05, 0.1) is 17.1 Å². The number of carbonyl (C=O) groups is 4. The average molecular weight is 437 g/mol. The number of benzene rings is 2. The molecular formula is C23H17ClN2O5. The first-order valence-electron chi connectivity index (χ1n) is 9.33. The number of ketones is 1. The molecule has 1 fully saturated rings. The van der Waals surface area contributed by atoms with Crippen LogP contribution >= 0.6 is 11.6 Å². The third-order valence-electron chi connectivity index (χ3n) is 4.71. The Morgan fingerprint density at radius 1 is 1.19 bits per heavy atom. The van der Waals surface area contributed by atoms with Crippen molar-refractivity contribution in [2.24, 2.45) is 5.92 Å². The van der Waals surface area contributed by atoms with Gasteiger partial charge in [-0.2, -0.15) is 5.26 Å². The summed E-state index contributed by atoms with van der Waals surface area (Å²) in [5.74, 6) is -4.42. The first-order chi connectivity index (χ1) is 14.8. The largest absolute Gasteiger partial charge is 0.422 e. The zero-order valence-corrected chi connectivity index (χ0v) is 17.3. The van der Waals surface area contributed by atoms with Crippen LogP contribution in [0.15, 0.2) is 54.3 Å². The fraction of sp³-hybridized carbons (Fsp3) is 0.174. The van der Waals surface area contributed by atoms with Gasteiger partial charge in [0, 0.05) is 13.3 Å². The second-order valence-corrected chi connectivity index (χ2v) is 7.24. The van der Waals surface area contributed by atoms with Gasteiger partial charge in [0.2, 0.25) is 11.8 Å². The standard InChI is InChI=1S/C23H17ClN2O5/c1-14(27)19(10-16-8-5-9-17(12-25)21(16)24)31-23(30)18-11-20(28)26(22(18)29)13-15-6-3-2-4-7-15/h2-10,18H,11,13H2,1H3/b19-10-. The number of rotatable bonds is 6. The molecule has 3 rings (SSSR count). The molecule has 1 aliphatic heterocycles. The van der Waals surface area contributed by atoms with Gasteiger partial charge < -0.3 is 4.74 Å². The summed E-state index contributed by atoms with van der Waals surface area (Å²) in [5, 5.41) is 9.18. The zero-order valence-electron chi connectivity index (χ0n) is 16.5. The van der Waals surface area contributed by atoms with E-state index < -0.39 is 29.5 Å². The molecule has 0 radical (unpaired) electrons. The van der Waals surface area contributed by atoms with Gasteiger partial charge in [-0.05, 0) is 23.3 Å². The van der Waals surface area contributed by atoms with Crippen LogP contribution in [0.2, 0.25) is 5.02 Å². The summed E-state index contributed by atoms with van der Waals surface area (Å²) in [6.07, 6.45) is 0.896. The Kier molecular flexibility index (Phi) is 6.63. The lowest BCUT2D eigenvalue weighted by Crippen LogP contribution is -2.32. The van der Waals surface area contributed by atoms with Crippen LogP contribution in [-0.2, 0) is 30.5 Å². The number of nitriles is 1. The molecule has 0 aliphatic carbocycles. The molecule has 2 aromatic carbocycles. The fourth-order valence-electron chi connectivity index (χ4n) is 3.07. The molecule has 2 amide bonds. The molecule has 31 heavy (non-hydrogen) atoms. The smallest absolute Gasteiger partial charge is 0.324 e. The fourth-order valence-corrected chi connectivity index (χ4v) is 3.29. The van der Waals surface area contributed by atoms with Crippen molar-refractivity contribution in [2.75, 3.05) is 0 Å². The monoisotopic (exact) mass is 436 g/mol. The number of halogens is 1. The third-order valence-corrected chi connectivity index (χ3v) is 5.13. The van der Waals surface area contributed by atoms with Gasteiger partial charge in [-0.3, -0.25) is 24.1 Å². The van der Waals surface area contributed by atoms with Crippen molar-refractivity contribution in [2.45, 2.75) is 19.9 Å². The average Bonchev–Trinajstić information content (AvgIpc) is 3.03. The highest BCUT2D eigenvalue weighted by molar-refractivity contribution is 6.33. The Hall–Kier alpha value is -3.76. The number of hydrogen-bond donors (Lipinski definition) is 0. The summed E-state index contributed by atoms with van der Waals surface area (Å²) in [4.78, 5) is 50.6. The number of allylic oxidation sites excluding steroid dienone is 1. The molecule has 2 aromatic rings. The summed E-state index contributed by atoms with van der Waals surface area (Å²) in [7, 11) is 0. The van der Waals surface area contributed by atoms with Crippen molar-refractivity contribution in [3.05, 3.63) is 76.0 Å². The second kappa shape index (κ2) is 9.37. The predicted molar refractivity (Wildman–Crippen MR) is 111 cm³/mol. The van der Waals surface area contributed by atoms with E-state index in [-0.39, 0.29) is 29.3 Å². The van der Waals surface area contributed by atoms with Crippen LogP contribution in [0.25, 0.3) is 6.08 Å². The van der Waals surface area contributed by atoms with Gasteiger partial charge in [0.15, 0.2) is 11.5 Å². The Balaban J connectivity index is 1.79. The zero-order chi connectivity index (χ0) is 22.5. The van der Waals surface area contributed by atoms with E-state index in [9.17, 15) is 19.2 Å². The van der Waals surface area contributed by atoms with Gasteiger partial charge in [0.25, 0.3) is 0 Å². The van der Waals surface area contributed by atoms with Gasteiger partial charge in [-0.1, -0.05) is 54.1 Å². The summed E-state index contributed by atoms with van der Waals surface area (Å²) in [6.45, 7) is 1.23. The minimum absolute atomic E-state index is 0.0499. The summed E-state index contributed by atoms with van der Waals surface area (Å²) >= 11 is 6.14. The first-order valence-corrected chi connectivity index (χ1v) is 9.70. The molecule has 8 heteroatoms. The highest BCUT2D eigenvalue weighted by Crippen LogP contribution is 2.26. The summed E-state index contributed by atoms with van der Waals surface area (Å²) < 4.78 is 5.18. The van der Waals surface area contributed by atoms with Crippen molar-refractivity contribution in [1.82, 2.24) is 4.90 Å². The van der Waals surface area contributed by atoms with E-state index in [1.807, 2.05) is 12.1 Å². The number of imide groups is 1. The van der Waals surface area contributed by atoms with Gasteiger partial charge in [0.1, 0.15) is 12.0 Å². The van der Waals surface area contributed by atoms with Gasteiger partial charge in [-0.15, -0.1) is 0 Å². The van der Waals surface area contributed by atoms with E-state index in [1.54, 1.807) is 36.4 Å². The van der Waals surface area contributed by atoms with Gasteiger partial charge in [-0.25, -0.2) is 0 Å². The maximum atomic E-state index is 12.7. The molecule has 1 aliphatic rings. The van der Waals surface area contributed by atoms with Crippen LogP contribution in [0.3, 0.4) is 0 Å². The van der Waals surface area contributed by atoms with Crippen molar-refractivity contribution in [3.8, 4) is 6.07 Å². The number of carbonyl (C=O) groups excluding carboxylic acids is 4. The molecule has 1 unspecified atom stereocenters. The lowest BCUT2D eigenvalue weighted by molar-refractivity contribution is -0.151. The number of amides is 2. The van der Waals surface area contributed by atoms with Crippen LogP contribution in [0.5, 0.6) is 0 Å². The van der Waals surface area contributed by atoms with E-state index in [0.29, 0.717) is 5.56 Å². The summed E-state index contributed by atoms with van der Waals surface area (Å²) in [6, 6.07) is 15.4. The Morgan fingerprint density at radius 2 is 1.90 bits per heavy atom. The Bertz CT molecular complexity index is 1130. The van der Waals surface area contributed by atoms with Crippen LogP contribution in [-0.4, -0.2) is 28.5 Å². The van der Waals surface area contributed by atoms with E-state index in [1.165, 1.54) is 19.1 Å². The molecule has 0 aromatic heterocycles. The predicted octanol–water partition coefficient (Wildman–Crippen LogP) is 3.26. The topological polar surface area (TPSA) is 105 Å². The van der Waals surface area contributed by atoms with E-state index in [0.717, 1.165) is 10.5 Å². The minimum Gasteiger partial charge on any atom is -0.422 e. The highest BCUT2D eigenvalue weighted by atomic mass is 35.5. The molecule has 7 nitrogen and oxygen atoms in total. The summed E-state index contributed by atoms with van der Waals surface area (Å²) in [5.41, 5.74) is 1.24. The minimum atomic E-state index is -1.33. The lowest BCUT2D eigenvalue weighted by Gasteiger charge is -2.15. The van der Waals surface area contributed by atoms with Crippen LogP contribution in [0, 0.1) is 17.2 Å². The number of esters is 1. The molecule has 1 atom stereocenters. The Morgan fingerprint density at radius 3 is 2.55 bits per heavy atom. The number of hydrogen-bond acceptors (Lipinski definition) is 6. The molecule has 1 heterocycles. The van der Waals surface area contributed by atoms with Crippen LogP contribution < -0.4 is 0 Å².